The van der Waals surface area contributed by atoms with E-state index >= 15 is 0 Å². The molecule has 2 N–H and O–H groups in total. The molecule has 2 heteroatoms. The zero-order valence-corrected chi connectivity index (χ0v) is 10.6. The van der Waals surface area contributed by atoms with Gasteiger partial charge in [0.2, 0.25) is 0 Å². The summed E-state index contributed by atoms with van der Waals surface area (Å²) in [5, 5.41) is 0.791. The zero-order chi connectivity index (χ0) is 11.2. The maximum absolute atomic E-state index is 5.85. The molecule has 1 aliphatic carbocycles. The van der Waals surface area contributed by atoms with E-state index in [1.807, 2.05) is 0 Å². The molecule has 1 aliphatic rings. The van der Waals surface area contributed by atoms with Crippen LogP contribution in [0.25, 0.3) is 0 Å². The summed E-state index contributed by atoms with van der Waals surface area (Å²) in [5.74, 6) is 1.89. The van der Waals surface area contributed by atoms with Crippen molar-refractivity contribution in [2.75, 3.05) is 6.54 Å². The van der Waals surface area contributed by atoms with Crippen molar-refractivity contribution in [3.8, 4) is 0 Å². The number of hydrogen-bond donors (Lipinski definition) is 1. The minimum Gasteiger partial charge on any atom is -0.330 e. The van der Waals surface area contributed by atoms with Crippen molar-refractivity contribution < 1.29 is 0 Å². The standard InChI is InChI=1S/C14H21NS/c15-10-13-8-4-5-9-14(13)16-11-12-6-2-1-3-7-12/h1-3,6-7,13-14H,4-5,8-11,15H2. The van der Waals surface area contributed by atoms with E-state index in [1.54, 1.807) is 0 Å². The molecule has 2 unspecified atom stereocenters. The van der Waals surface area contributed by atoms with Gasteiger partial charge in [-0.1, -0.05) is 43.2 Å². The number of hydrogen-bond acceptors (Lipinski definition) is 2. The Morgan fingerprint density at radius 2 is 1.88 bits per heavy atom. The van der Waals surface area contributed by atoms with E-state index in [0.717, 1.165) is 23.5 Å². The molecule has 0 aromatic heterocycles. The Labute approximate surface area is 103 Å². The smallest absolute Gasteiger partial charge is 0.0187 e. The molecule has 1 nitrogen and oxygen atoms in total. The van der Waals surface area contributed by atoms with Crippen molar-refractivity contribution in [2.45, 2.75) is 36.7 Å². The largest absolute Gasteiger partial charge is 0.330 e. The SMILES string of the molecule is NCC1CCCCC1SCc1ccccc1. The van der Waals surface area contributed by atoms with Crippen molar-refractivity contribution >= 4 is 11.8 Å². The predicted molar refractivity (Wildman–Crippen MR) is 72.5 cm³/mol. The molecule has 1 aromatic rings. The van der Waals surface area contributed by atoms with E-state index in [2.05, 4.69) is 42.1 Å². The van der Waals surface area contributed by atoms with Crippen LogP contribution in [0.3, 0.4) is 0 Å². The maximum atomic E-state index is 5.85. The summed E-state index contributed by atoms with van der Waals surface area (Å²) in [6.45, 7) is 0.868. The monoisotopic (exact) mass is 235 g/mol. The fourth-order valence-corrected chi connectivity index (χ4v) is 3.89. The van der Waals surface area contributed by atoms with Gasteiger partial charge < -0.3 is 5.73 Å². The molecule has 0 amide bonds. The van der Waals surface area contributed by atoms with Crippen LogP contribution in [0, 0.1) is 5.92 Å². The summed E-state index contributed by atoms with van der Waals surface area (Å²) in [5.41, 5.74) is 7.29. The average molecular weight is 235 g/mol. The highest BCUT2D eigenvalue weighted by Crippen LogP contribution is 2.34. The van der Waals surface area contributed by atoms with Crippen molar-refractivity contribution in [2.24, 2.45) is 11.7 Å². The molecule has 0 saturated heterocycles. The van der Waals surface area contributed by atoms with Gasteiger partial charge in [0, 0.05) is 11.0 Å². The van der Waals surface area contributed by atoms with E-state index in [4.69, 9.17) is 5.73 Å². The highest BCUT2D eigenvalue weighted by Gasteiger charge is 2.23. The minimum atomic E-state index is 0.752. The Bertz CT molecular complexity index is 299. The third-order valence-electron chi connectivity index (χ3n) is 3.45. The average Bonchev–Trinajstić information content (AvgIpc) is 2.38. The molecule has 1 fully saturated rings. The van der Waals surface area contributed by atoms with Gasteiger partial charge in [-0.2, -0.15) is 11.8 Å². The van der Waals surface area contributed by atoms with Crippen LogP contribution >= 0.6 is 11.8 Å². The van der Waals surface area contributed by atoms with Gasteiger partial charge in [-0.05, 0) is 30.9 Å². The molecule has 2 rings (SSSR count). The molecule has 1 aromatic carbocycles. The zero-order valence-electron chi connectivity index (χ0n) is 9.77. The van der Waals surface area contributed by atoms with Crippen molar-refractivity contribution in [3.05, 3.63) is 35.9 Å². The highest BCUT2D eigenvalue weighted by atomic mass is 32.2. The van der Waals surface area contributed by atoms with Gasteiger partial charge in [0.05, 0.1) is 0 Å². The van der Waals surface area contributed by atoms with Crippen LogP contribution < -0.4 is 5.73 Å². The molecule has 0 radical (unpaired) electrons. The third-order valence-corrected chi connectivity index (χ3v) is 5.00. The molecule has 0 bridgehead atoms. The number of thioether (sulfide) groups is 1. The van der Waals surface area contributed by atoms with Crippen LogP contribution in [0.2, 0.25) is 0 Å². The van der Waals surface area contributed by atoms with Gasteiger partial charge in [0.25, 0.3) is 0 Å². The van der Waals surface area contributed by atoms with Crippen molar-refractivity contribution in [1.82, 2.24) is 0 Å². The lowest BCUT2D eigenvalue weighted by atomic mass is 9.89. The highest BCUT2D eigenvalue weighted by molar-refractivity contribution is 7.99. The van der Waals surface area contributed by atoms with Crippen LogP contribution in [-0.4, -0.2) is 11.8 Å². The van der Waals surface area contributed by atoms with Crippen LogP contribution in [0.5, 0.6) is 0 Å². The second-order valence-electron chi connectivity index (χ2n) is 4.62. The fourth-order valence-electron chi connectivity index (χ4n) is 2.44. The van der Waals surface area contributed by atoms with Crippen LogP contribution in [0.1, 0.15) is 31.2 Å². The lowest BCUT2D eigenvalue weighted by Crippen LogP contribution is -2.28. The molecular formula is C14H21NS. The predicted octanol–water partition coefficient (Wildman–Crippen LogP) is 3.44. The molecule has 1 saturated carbocycles. The molecule has 0 spiro atoms. The molecule has 88 valence electrons. The Hall–Kier alpha value is -0.470. The van der Waals surface area contributed by atoms with Gasteiger partial charge in [0.1, 0.15) is 0 Å². The summed E-state index contributed by atoms with van der Waals surface area (Å²) in [6.07, 6.45) is 5.47. The van der Waals surface area contributed by atoms with E-state index in [9.17, 15) is 0 Å². The Morgan fingerprint density at radius 1 is 1.12 bits per heavy atom. The second-order valence-corrected chi connectivity index (χ2v) is 5.84. The van der Waals surface area contributed by atoms with Crippen molar-refractivity contribution in [1.29, 1.82) is 0 Å². The maximum Gasteiger partial charge on any atom is 0.0187 e. The van der Waals surface area contributed by atoms with E-state index in [1.165, 1.54) is 31.2 Å². The first-order valence-electron chi connectivity index (χ1n) is 6.25. The van der Waals surface area contributed by atoms with Crippen LogP contribution in [0.4, 0.5) is 0 Å². The van der Waals surface area contributed by atoms with Gasteiger partial charge in [0.15, 0.2) is 0 Å². The first kappa shape index (κ1) is 12.0. The topological polar surface area (TPSA) is 26.0 Å². The van der Waals surface area contributed by atoms with Gasteiger partial charge in [-0.3, -0.25) is 0 Å². The Morgan fingerprint density at radius 3 is 2.62 bits per heavy atom. The van der Waals surface area contributed by atoms with Crippen molar-refractivity contribution in [3.63, 3.8) is 0 Å². The van der Waals surface area contributed by atoms with Gasteiger partial charge >= 0.3 is 0 Å². The quantitative estimate of drug-likeness (QED) is 0.865. The fraction of sp³-hybridized carbons (Fsp3) is 0.571. The molecule has 2 atom stereocenters. The molecular weight excluding hydrogens is 214 g/mol. The van der Waals surface area contributed by atoms with E-state index in [0.29, 0.717) is 0 Å². The van der Waals surface area contributed by atoms with Gasteiger partial charge in [-0.25, -0.2) is 0 Å². The summed E-state index contributed by atoms with van der Waals surface area (Å²) >= 11 is 2.10. The first-order valence-corrected chi connectivity index (χ1v) is 7.30. The third kappa shape index (κ3) is 3.26. The number of nitrogens with two attached hydrogens (primary N) is 1. The summed E-state index contributed by atoms with van der Waals surface area (Å²) in [7, 11) is 0. The minimum absolute atomic E-state index is 0.752. The van der Waals surface area contributed by atoms with Crippen LogP contribution in [0.15, 0.2) is 30.3 Å². The number of benzene rings is 1. The molecule has 0 aliphatic heterocycles. The Balaban J connectivity index is 1.84. The lowest BCUT2D eigenvalue weighted by Gasteiger charge is -2.30. The number of rotatable bonds is 4. The van der Waals surface area contributed by atoms with E-state index in [-0.39, 0.29) is 0 Å². The Kier molecular flexibility index (Phi) is 4.73. The molecule has 0 heterocycles. The lowest BCUT2D eigenvalue weighted by molar-refractivity contribution is 0.378. The first-order chi connectivity index (χ1) is 7.90. The summed E-state index contributed by atoms with van der Waals surface area (Å²) in [6, 6.07) is 10.8. The summed E-state index contributed by atoms with van der Waals surface area (Å²) < 4.78 is 0. The van der Waals surface area contributed by atoms with Gasteiger partial charge in [-0.15, -0.1) is 0 Å². The van der Waals surface area contributed by atoms with E-state index < -0.39 is 0 Å². The summed E-state index contributed by atoms with van der Waals surface area (Å²) in [4.78, 5) is 0. The molecule has 16 heavy (non-hydrogen) atoms. The second kappa shape index (κ2) is 6.31. The van der Waals surface area contributed by atoms with Crippen LogP contribution in [-0.2, 0) is 5.75 Å². The normalized spacial score (nSPS) is 25.6.